The molecule has 1 rings (SSSR count). The van der Waals surface area contributed by atoms with E-state index in [1.165, 1.54) is 38.5 Å². The van der Waals surface area contributed by atoms with Gasteiger partial charge < -0.3 is 14.3 Å². The predicted octanol–water partition coefficient (Wildman–Crippen LogP) is 3.85. The Labute approximate surface area is 111 Å². The van der Waals surface area contributed by atoms with Crippen LogP contribution in [0.2, 0.25) is 0 Å². The minimum Gasteiger partial charge on any atom is -0.348 e. The van der Waals surface area contributed by atoms with Crippen molar-refractivity contribution in [2.24, 2.45) is 0 Å². The molecular formula is C15H28O3. The molecule has 106 valence electrons. The Morgan fingerprint density at radius 3 is 2.17 bits per heavy atom. The van der Waals surface area contributed by atoms with E-state index in [0.29, 0.717) is 26.1 Å². The van der Waals surface area contributed by atoms with E-state index in [2.05, 4.69) is 6.92 Å². The molecule has 0 amide bonds. The summed E-state index contributed by atoms with van der Waals surface area (Å²) in [6.45, 7) is 3.59. The normalized spacial score (nSPS) is 18.1. The molecule has 0 saturated carbocycles. The summed E-state index contributed by atoms with van der Waals surface area (Å²) in [6, 6.07) is 0. The zero-order valence-corrected chi connectivity index (χ0v) is 11.8. The molecule has 0 N–H and O–H groups in total. The molecule has 18 heavy (non-hydrogen) atoms. The van der Waals surface area contributed by atoms with Crippen LogP contribution in [0.5, 0.6) is 0 Å². The Bertz CT molecular complexity index is 210. The van der Waals surface area contributed by atoms with Crippen LogP contribution >= 0.6 is 0 Å². The van der Waals surface area contributed by atoms with E-state index in [0.717, 1.165) is 19.1 Å². The average molecular weight is 256 g/mol. The highest BCUT2D eigenvalue weighted by molar-refractivity contribution is 5.49. The molecule has 0 aromatic heterocycles. The second-order valence-corrected chi connectivity index (χ2v) is 5.18. The van der Waals surface area contributed by atoms with Gasteiger partial charge in [-0.05, 0) is 6.42 Å². The highest BCUT2D eigenvalue weighted by atomic mass is 16.7. The first-order chi connectivity index (χ1) is 8.83. The van der Waals surface area contributed by atoms with Gasteiger partial charge in [-0.25, -0.2) is 0 Å². The van der Waals surface area contributed by atoms with Crippen molar-refractivity contribution in [1.29, 1.82) is 0 Å². The summed E-state index contributed by atoms with van der Waals surface area (Å²) >= 11 is 0. The average Bonchev–Trinajstić information content (AvgIpc) is 2.85. The van der Waals surface area contributed by atoms with Gasteiger partial charge in [0.25, 0.3) is 0 Å². The number of hydrogen-bond donors (Lipinski definition) is 0. The zero-order valence-electron chi connectivity index (χ0n) is 11.8. The molecule has 1 fully saturated rings. The minimum absolute atomic E-state index is 0.440. The molecule has 0 aliphatic carbocycles. The molecule has 3 heteroatoms. The van der Waals surface area contributed by atoms with Gasteiger partial charge in [-0.15, -0.1) is 0 Å². The molecule has 0 unspecified atom stereocenters. The van der Waals surface area contributed by atoms with Crippen molar-refractivity contribution in [3.63, 3.8) is 0 Å². The molecule has 0 bridgehead atoms. The van der Waals surface area contributed by atoms with Gasteiger partial charge in [0.2, 0.25) is 0 Å². The first-order valence-corrected chi connectivity index (χ1v) is 7.54. The van der Waals surface area contributed by atoms with E-state index in [1.807, 2.05) is 0 Å². The molecule has 0 aromatic rings. The third-order valence-corrected chi connectivity index (χ3v) is 3.62. The van der Waals surface area contributed by atoms with Crippen molar-refractivity contribution in [3.05, 3.63) is 0 Å². The summed E-state index contributed by atoms with van der Waals surface area (Å²) in [5.41, 5.74) is 0. The van der Waals surface area contributed by atoms with E-state index in [-0.39, 0.29) is 0 Å². The van der Waals surface area contributed by atoms with Crippen LogP contribution in [-0.4, -0.2) is 25.3 Å². The number of hydrogen-bond acceptors (Lipinski definition) is 3. The molecule has 0 spiro atoms. The van der Waals surface area contributed by atoms with Gasteiger partial charge >= 0.3 is 0 Å². The molecule has 1 aliphatic heterocycles. The van der Waals surface area contributed by atoms with Crippen molar-refractivity contribution < 1.29 is 14.3 Å². The van der Waals surface area contributed by atoms with Gasteiger partial charge in [0.05, 0.1) is 13.2 Å². The SMILES string of the molecule is CCCCCCCCCC1(CCC=O)OCCO1. The van der Waals surface area contributed by atoms with Crippen LogP contribution in [0.1, 0.15) is 71.1 Å². The van der Waals surface area contributed by atoms with Crippen molar-refractivity contribution in [3.8, 4) is 0 Å². The van der Waals surface area contributed by atoms with E-state index in [4.69, 9.17) is 9.47 Å². The maximum absolute atomic E-state index is 10.5. The van der Waals surface area contributed by atoms with Gasteiger partial charge in [-0.1, -0.05) is 45.4 Å². The Hall–Kier alpha value is -0.410. The largest absolute Gasteiger partial charge is 0.348 e. The lowest BCUT2D eigenvalue weighted by Crippen LogP contribution is -2.30. The topological polar surface area (TPSA) is 35.5 Å². The Morgan fingerprint density at radius 2 is 1.56 bits per heavy atom. The number of aldehydes is 1. The van der Waals surface area contributed by atoms with Crippen molar-refractivity contribution >= 4 is 6.29 Å². The molecular weight excluding hydrogens is 228 g/mol. The van der Waals surface area contributed by atoms with Crippen molar-refractivity contribution in [2.45, 2.75) is 76.9 Å². The van der Waals surface area contributed by atoms with Crippen LogP contribution in [0.3, 0.4) is 0 Å². The molecule has 0 radical (unpaired) electrons. The third-order valence-electron chi connectivity index (χ3n) is 3.62. The molecule has 1 saturated heterocycles. The molecule has 3 nitrogen and oxygen atoms in total. The molecule has 1 aliphatic rings. The fourth-order valence-corrected chi connectivity index (χ4v) is 2.54. The summed E-state index contributed by atoms with van der Waals surface area (Å²) in [4.78, 5) is 10.5. The second-order valence-electron chi connectivity index (χ2n) is 5.18. The Balaban J connectivity index is 2.08. The maximum Gasteiger partial charge on any atom is 0.168 e. The summed E-state index contributed by atoms with van der Waals surface area (Å²) in [7, 11) is 0. The second kappa shape index (κ2) is 9.51. The quantitative estimate of drug-likeness (QED) is 0.416. The number of ether oxygens (including phenoxy) is 2. The number of unbranched alkanes of at least 4 members (excludes halogenated alkanes) is 6. The van der Waals surface area contributed by atoms with Crippen LogP contribution in [0.25, 0.3) is 0 Å². The maximum atomic E-state index is 10.5. The Kier molecular flexibility index (Phi) is 8.27. The van der Waals surface area contributed by atoms with Gasteiger partial charge in [-0.2, -0.15) is 0 Å². The number of carbonyl (C=O) groups excluding carboxylic acids is 1. The van der Waals surface area contributed by atoms with E-state index in [9.17, 15) is 4.79 Å². The number of carbonyl (C=O) groups is 1. The van der Waals surface area contributed by atoms with E-state index >= 15 is 0 Å². The monoisotopic (exact) mass is 256 g/mol. The van der Waals surface area contributed by atoms with Crippen LogP contribution in [0.15, 0.2) is 0 Å². The summed E-state index contributed by atoms with van der Waals surface area (Å²) in [6.07, 6.45) is 12.2. The van der Waals surface area contributed by atoms with Crippen molar-refractivity contribution in [1.82, 2.24) is 0 Å². The fraction of sp³-hybridized carbons (Fsp3) is 0.933. The number of rotatable bonds is 11. The summed E-state index contributed by atoms with van der Waals surface area (Å²) in [5.74, 6) is -0.440. The first kappa shape index (κ1) is 15.6. The predicted molar refractivity (Wildman–Crippen MR) is 72.5 cm³/mol. The standard InChI is InChI=1S/C15H28O3/c1-2-3-4-5-6-7-8-10-15(11-9-12-16)17-13-14-18-15/h12H,2-11,13-14H2,1H3. The summed E-state index contributed by atoms with van der Waals surface area (Å²) < 4.78 is 11.4. The zero-order chi connectivity index (χ0) is 13.1. The molecule has 0 aromatic carbocycles. The van der Waals surface area contributed by atoms with Crippen LogP contribution in [0.4, 0.5) is 0 Å². The van der Waals surface area contributed by atoms with E-state index < -0.39 is 5.79 Å². The fourth-order valence-electron chi connectivity index (χ4n) is 2.54. The summed E-state index contributed by atoms with van der Waals surface area (Å²) in [5, 5.41) is 0. The highest BCUT2D eigenvalue weighted by Crippen LogP contribution is 2.30. The van der Waals surface area contributed by atoms with Crippen molar-refractivity contribution in [2.75, 3.05) is 13.2 Å². The van der Waals surface area contributed by atoms with Gasteiger partial charge in [0, 0.05) is 19.3 Å². The van der Waals surface area contributed by atoms with Crippen LogP contribution < -0.4 is 0 Å². The first-order valence-electron chi connectivity index (χ1n) is 7.54. The molecule has 1 heterocycles. The van der Waals surface area contributed by atoms with Crippen LogP contribution in [0, 0.1) is 0 Å². The Morgan fingerprint density at radius 1 is 0.944 bits per heavy atom. The lowest BCUT2D eigenvalue weighted by atomic mass is 10.0. The smallest absolute Gasteiger partial charge is 0.168 e. The van der Waals surface area contributed by atoms with Crippen LogP contribution in [-0.2, 0) is 14.3 Å². The minimum atomic E-state index is -0.440. The van der Waals surface area contributed by atoms with E-state index in [1.54, 1.807) is 0 Å². The molecule has 0 atom stereocenters. The third kappa shape index (κ3) is 5.96. The van der Waals surface area contributed by atoms with Gasteiger partial charge in [0.15, 0.2) is 5.79 Å². The lowest BCUT2D eigenvalue weighted by molar-refractivity contribution is -0.169. The van der Waals surface area contributed by atoms with Gasteiger partial charge in [-0.3, -0.25) is 0 Å². The lowest BCUT2D eigenvalue weighted by Gasteiger charge is -2.26. The highest BCUT2D eigenvalue weighted by Gasteiger charge is 2.35. The van der Waals surface area contributed by atoms with Gasteiger partial charge in [0.1, 0.15) is 6.29 Å².